The van der Waals surface area contributed by atoms with Crippen LogP contribution in [0.15, 0.2) is 29.2 Å². The smallest absolute Gasteiger partial charge is 0.396 e. The summed E-state index contributed by atoms with van der Waals surface area (Å²) >= 11 is 0. The number of aliphatic hydroxyl groups is 1. The minimum Gasteiger partial charge on any atom is -0.396 e. The first-order valence-electron chi connectivity index (χ1n) is 6.55. The van der Waals surface area contributed by atoms with Gasteiger partial charge in [0.2, 0.25) is 10.0 Å². The molecule has 120 valence electrons. The van der Waals surface area contributed by atoms with Crippen molar-refractivity contribution in [2.45, 2.75) is 36.8 Å². The zero-order chi connectivity index (χ0) is 15.9. The number of hydrogen-bond donors (Lipinski definition) is 2. The van der Waals surface area contributed by atoms with E-state index in [1.165, 1.54) is 0 Å². The van der Waals surface area contributed by atoms with Crippen LogP contribution in [0.3, 0.4) is 0 Å². The molecule has 0 heterocycles. The van der Waals surface area contributed by atoms with Crippen LogP contribution >= 0.6 is 0 Å². The lowest BCUT2D eigenvalue weighted by atomic mass is 10.2. The molecule has 0 bridgehead atoms. The number of halogens is 3. The zero-order valence-electron chi connectivity index (χ0n) is 11.4. The van der Waals surface area contributed by atoms with Crippen molar-refractivity contribution in [1.82, 2.24) is 4.72 Å². The Morgan fingerprint density at radius 2 is 1.57 bits per heavy atom. The number of unbranched alkanes of at least 4 members (excludes halogenated alkanes) is 3. The van der Waals surface area contributed by atoms with Gasteiger partial charge in [-0.1, -0.05) is 12.8 Å². The van der Waals surface area contributed by atoms with Gasteiger partial charge in [-0.3, -0.25) is 0 Å². The minimum absolute atomic E-state index is 0.108. The standard InChI is InChI=1S/C13H18F3NO3S/c14-13(15,16)11-5-7-12(8-6-11)21(19,20)17-9-3-1-2-4-10-18/h5-8,17-18H,1-4,9-10H2. The Hall–Kier alpha value is -1.12. The van der Waals surface area contributed by atoms with Crippen LogP contribution < -0.4 is 4.72 Å². The fraction of sp³-hybridized carbons (Fsp3) is 0.538. The Morgan fingerprint density at radius 3 is 2.10 bits per heavy atom. The number of sulfonamides is 1. The van der Waals surface area contributed by atoms with Crippen LogP contribution in [0.2, 0.25) is 0 Å². The highest BCUT2D eigenvalue weighted by atomic mass is 32.2. The molecular formula is C13H18F3NO3S. The van der Waals surface area contributed by atoms with E-state index in [1.807, 2.05) is 0 Å². The van der Waals surface area contributed by atoms with Crippen LogP contribution in [-0.2, 0) is 16.2 Å². The molecule has 1 aromatic carbocycles. The lowest BCUT2D eigenvalue weighted by Gasteiger charge is -2.09. The van der Waals surface area contributed by atoms with E-state index in [-0.39, 0.29) is 18.0 Å². The molecule has 0 unspecified atom stereocenters. The molecule has 0 atom stereocenters. The van der Waals surface area contributed by atoms with E-state index in [2.05, 4.69) is 4.72 Å². The topological polar surface area (TPSA) is 66.4 Å². The van der Waals surface area contributed by atoms with E-state index >= 15 is 0 Å². The van der Waals surface area contributed by atoms with Crippen LogP contribution in [0, 0.1) is 0 Å². The summed E-state index contributed by atoms with van der Waals surface area (Å²) in [7, 11) is -3.78. The molecule has 0 aliphatic heterocycles. The average molecular weight is 325 g/mol. The highest BCUT2D eigenvalue weighted by Gasteiger charge is 2.30. The minimum atomic E-state index is -4.48. The van der Waals surface area contributed by atoms with Crippen LogP contribution in [0.4, 0.5) is 13.2 Å². The predicted octanol–water partition coefficient (Wildman–Crippen LogP) is 2.54. The highest BCUT2D eigenvalue weighted by molar-refractivity contribution is 7.89. The van der Waals surface area contributed by atoms with E-state index in [0.29, 0.717) is 12.8 Å². The van der Waals surface area contributed by atoms with Crippen molar-refractivity contribution in [1.29, 1.82) is 0 Å². The normalized spacial score (nSPS) is 12.6. The first-order valence-corrected chi connectivity index (χ1v) is 8.03. The van der Waals surface area contributed by atoms with E-state index < -0.39 is 21.8 Å². The molecule has 4 nitrogen and oxygen atoms in total. The molecule has 0 radical (unpaired) electrons. The van der Waals surface area contributed by atoms with E-state index in [9.17, 15) is 21.6 Å². The lowest BCUT2D eigenvalue weighted by Crippen LogP contribution is -2.24. The second kappa shape index (κ2) is 7.77. The summed E-state index contributed by atoms with van der Waals surface area (Å²) in [6.07, 6.45) is -1.62. The van der Waals surface area contributed by atoms with Crippen molar-refractivity contribution in [2.24, 2.45) is 0 Å². The number of alkyl halides is 3. The van der Waals surface area contributed by atoms with Gasteiger partial charge in [0, 0.05) is 13.2 Å². The fourth-order valence-corrected chi connectivity index (χ4v) is 2.78. The van der Waals surface area contributed by atoms with E-state index in [4.69, 9.17) is 5.11 Å². The average Bonchev–Trinajstić information content (AvgIpc) is 2.42. The second-order valence-corrected chi connectivity index (χ2v) is 6.32. The molecule has 0 fully saturated rings. The molecule has 21 heavy (non-hydrogen) atoms. The molecule has 0 saturated heterocycles. The third kappa shape index (κ3) is 6.03. The van der Waals surface area contributed by atoms with Crippen LogP contribution in [0.1, 0.15) is 31.2 Å². The SMILES string of the molecule is O=S(=O)(NCCCCCCO)c1ccc(C(F)(F)F)cc1. The summed E-state index contributed by atoms with van der Waals surface area (Å²) < 4.78 is 63.2. The maximum Gasteiger partial charge on any atom is 0.416 e. The van der Waals surface area contributed by atoms with Crippen molar-refractivity contribution in [3.8, 4) is 0 Å². The Labute approximate surface area is 122 Å². The summed E-state index contributed by atoms with van der Waals surface area (Å²) in [6, 6.07) is 3.37. The van der Waals surface area contributed by atoms with Crippen molar-refractivity contribution in [3.05, 3.63) is 29.8 Å². The Balaban J connectivity index is 2.54. The number of rotatable bonds is 8. The van der Waals surface area contributed by atoms with Gasteiger partial charge >= 0.3 is 6.18 Å². The van der Waals surface area contributed by atoms with Crippen LogP contribution in [-0.4, -0.2) is 26.7 Å². The Morgan fingerprint density at radius 1 is 1.00 bits per heavy atom. The van der Waals surface area contributed by atoms with Crippen molar-refractivity contribution in [3.63, 3.8) is 0 Å². The molecular weight excluding hydrogens is 307 g/mol. The first-order chi connectivity index (χ1) is 9.77. The first kappa shape index (κ1) is 17.9. The molecule has 0 aliphatic rings. The Kier molecular flexibility index (Phi) is 6.63. The van der Waals surface area contributed by atoms with E-state index in [1.54, 1.807) is 0 Å². The Bertz CT molecular complexity index is 527. The number of hydrogen-bond acceptors (Lipinski definition) is 3. The van der Waals surface area contributed by atoms with Gasteiger partial charge in [0.25, 0.3) is 0 Å². The largest absolute Gasteiger partial charge is 0.416 e. The van der Waals surface area contributed by atoms with Gasteiger partial charge in [0.05, 0.1) is 10.5 Å². The zero-order valence-corrected chi connectivity index (χ0v) is 12.2. The van der Waals surface area contributed by atoms with Gasteiger partial charge < -0.3 is 5.11 Å². The van der Waals surface area contributed by atoms with Gasteiger partial charge in [0.15, 0.2) is 0 Å². The molecule has 2 N–H and O–H groups in total. The third-order valence-corrected chi connectivity index (χ3v) is 4.35. The number of nitrogens with one attached hydrogen (secondary N) is 1. The molecule has 0 saturated carbocycles. The van der Waals surface area contributed by atoms with Crippen LogP contribution in [0.5, 0.6) is 0 Å². The molecule has 1 rings (SSSR count). The van der Waals surface area contributed by atoms with Gasteiger partial charge in [0.1, 0.15) is 0 Å². The van der Waals surface area contributed by atoms with Crippen molar-refractivity contribution in [2.75, 3.05) is 13.2 Å². The van der Waals surface area contributed by atoms with Gasteiger partial charge in [-0.15, -0.1) is 0 Å². The molecule has 0 aliphatic carbocycles. The summed E-state index contributed by atoms with van der Waals surface area (Å²) in [6.45, 7) is 0.325. The van der Waals surface area contributed by atoms with Gasteiger partial charge in [-0.25, -0.2) is 13.1 Å². The maximum atomic E-state index is 12.4. The number of aliphatic hydroxyl groups excluding tert-OH is 1. The number of benzene rings is 1. The van der Waals surface area contributed by atoms with Crippen molar-refractivity contribution >= 4 is 10.0 Å². The van der Waals surface area contributed by atoms with Crippen molar-refractivity contribution < 1.29 is 26.7 Å². The quantitative estimate of drug-likeness (QED) is 0.722. The van der Waals surface area contributed by atoms with Gasteiger partial charge in [-0.05, 0) is 37.1 Å². The molecule has 0 amide bonds. The van der Waals surface area contributed by atoms with E-state index in [0.717, 1.165) is 37.1 Å². The molecule has 0 spiro atoms. The lowest BCUT2D eigenvalue weighted by molar-refractivity contribution is -0.137. The maximum absolute atomic E-state index is 12.4. The predicted molar refractivity (Wildman–Crippen MR) is 72.2 cm³/mol. The molecule has 0 aromatic heterocycles. The fourth-order valence-electron chi connectivity index (χ4n) is 1.70. The summed E-state index contributed by atoms with van der Waals surface area (Å²) in [5.74, 6) is 0. The van der Waals surface area contributed by atoms with Gasteiger partial charge in [-0.2, -0.15) is 13.2 Å². The molecule has 1 aromatic rings. The highest BCUT2D eigenvalue weighted by Crippen LogP contribution is 2.29. The summed E-state index contributed by atoms with van der Waals surface area (Å²) in [4.78, 5) is -0.189. The van der Waals surface area contributed by atoms with Crippen LogP contribution in [0.25, 0.3) is 0 Å². The summed E-state index contributed by atoms with van der Waals surface area (Å²) in [5.41, 5.74) is -0.884. The monoisotopic (exact) mass is 325 g/mol. The second-order valence-electron chi connectivity index (χ2n) is 4.56. The molecule has 8 heteroatoms. The third-order valence-electron chi connectivity index (χ3n) is 2.87. The summed E-state index contributed by atoms with van der Waals surface area (Å²) in [5, 5.41) is 8.59.